The first-order valence-electron chi connectivity index (χ1n) is 5.98. The fourth-order valence-electron chi connectivity index (χ4n) is 2.58. The smallest absolute Gasteiger partial charge is 0.216 e. The van der Waals surface area contributed by atoms with Gasteiger partial charge in [-0.1, -0.05) is 39.0 Å². The first-order chi connectivity index (χ1) is 6.74. The zero-order chi connectivity index (χ0) is 10.4. The van der Waals surface area contributed by atoms with E-state index in [2.05, 4.69) is 12.2 Å². The first kappa shape index (κ1) is 11.5. The van der Waals surface area contributed by atoms with Gasteiger partial charge in [0.2, 0.25) is 5.91 Å². The number of rotatable bonds is 4. The molecule has 0 aromatic heterocycles. The number of hydrogen-bond acceptors (Lipinski definition) is 1. The molecule has 1 unspecified atom stereocenters. The van der Waals surface area contributed by atoms with Crippen molar-refractivity contribution in [1.29, 1.82) is 0 Å². The maximum atomic E-state index is 10.8. The van der Waals surface area contributed by atoms with Crippen molar-refractivity contribution in [2.75, 3.05) is 6.54 Å². The minimum atomic E-state index is 0.117. The van der Waals surface area contributed by atoms with Crippen LogP contribution in [0.1, 0.15) is 52.4 Å². The van der Waals surface area contributed by atoms with Gasteiger partial charge in [-0.15, -0.1) is 0 Å². The topological polar surface area (TPSA) is 29.1 Å². The van der Waals surface area contributed by atoms with Gasteiger partial charge in [-0.05, 0) is 18.3 Å². The summed E-state index contributed by atoms with van der Waals surface area (Å²) in [7, 11) is 0. The van der Waals surface area contributed by atoms with E-state index in [1.807, 2.05) is 0 Å². The van der Waals surface area contributed by atoms with Gasteiger partial charge < -0.3 is 5.32 Å². The van der Waals surface area contributed by atoms with E-state index in [1.165, 1.54) is 38.5 Å². The molecule has 1 aliphatic carbocycles. The summed E-state index contributed by atoms with van der Waals surface area (Å²) in [5, 5.41) is 2.96. The van der Waals surface area contributed by atoms with Gasteiger partial charge in [-0.3, -0.25) is 4.79 Å². The highest BCUT2D eigenvalue weighted by Gasteiger charge is 2.23. The van der Waals surface area contributed by atoms with Crippen LogP contribution in [0.5, 0.6) is 0 Å². The molecule has 2 atom stereocenters. The van der Waals surface area contributed by atoms with Crippen LogP contribution >= 0.6 is 0 Å². The van der Waals surface area contributed by atoms with Gasteiger partial charge in [0.25, 0.3) is 0 Å². The second-order valence-corrected chi connectivity index (χ2v) is 4.53. The van der Waals surface area contributed by atoms with Gasteiger partial charge in [0.15, 0.2) is 0 Å². The third-order valence-electron chi connectivity index (χ3n) is 3.34. The Labute approximate surface area is 87.5 Å². The van der Waals surface area contributed by atoms with Crippen LogP contribution in [0.25, 0.3) is 0 Å². The van der Waals surface area contributed by atoms with Crippen LogP contribution in [0, 0.1) is 11.8 Å². The first-order valence-corrected chi connectivity index (χ1v) is 5.98. The molecule has 0 aromatic carbocycles. The van der Waals surface area contributed by atoms with Crippen molar-refractivity contribution in [2.45, 2.75) is 52.4 Å². The van der Waals surface area contributed by atoms with E-state index in [1.54, 1.807) is 6.92 Å². The summed E-state index contributed by atoms with van der Waals surface area (Å²) in [5.41, 5.74) is 0. The number of hydrogen-bond donors (Lipinski definition) is 1. The summed E-state index contributed by atoms with van der Waals surface area (Å²) in [6.07, 6.45) is 8.04. The van der Waals surface area contributed by atoms with Crippen molar-refractivity contribution in [3.63, 3.8) is 0 Å². The Morgan fingerprint density at radius 2 is 1.93 bits per heavy atom. The zero-order valence-corrected chi connectivity index (χ0v) is 9.51. The average molecular weight is 197 g/mol. The van der Waals surface area contributed by atoms with E-state index >= 15 is 0 Å². The third-order valence-corrected chi connectivity index (χ3v) is 3.34. The highest BCUT2D eigenvalue weighted by atomic mass is 16.1. The molecule has 0 heterocycles. The Morgan fingerprint density at radius 1 is 1.29 bits per heavy atom. The van der Waals surface area contributed by atoms with E-state index < -0.39 is 0 Å². The van der Waals surface area contributed by atoms with Crippen molar-refractivity contribution >= 4 is 5.91 Å². The lowest BCUT2D eigenvalue weighted by Crippen LogP contribution is -2.32. The van der Waals surface area contributed by atoms with Crippen LogP contribution in [0.3, 0.4) is 0 Å². The largest absolute Gasteiger partial charge is 0.356 e. The van der Waals surface area contributed by atoms with Crippen LogP contribution in [-0.4, -0.2) is 12.5 Å². The molecule has 0 bridgehead atoms. The molecule has 0 aliphatic heterocycles. The Bertz CT molecular complexity index is 177. The molecule has 0 spiro atoms. The van der Waals surface area contributed by atoms with E-state index in [0.29, 0.717) is 0 Å². The predicted octanol–water partition coefficient (Wildman–Crippen LogP) is 2.73. The highest BCUT2D eigenvalue weighted by molar-refractivity contribution is 5.72. The minimum absolute atomic E-state index is 0.117. The fourth-order valence-corrected chi connectivity index (χ4v) is 2.58. The number of carbonyl (C=O) groups excluding carboxylic acids is 1. The molecule has 0 radical (unpaired) electrons. The molecule has 82 valence electrons. The monoisotopic (exact) mass is 197 g/mol. The molecule has 1 rings (SSSR count). The van der Waals surface area contributed by atoms with Gasteiger partial charge in [0.05, 0.1) is 0 Å². The molecular formula is C12H23NO. The van der Waals surface area contributed by atoms with E-state index in [9.17, 15) is 4.79 Å². The van der Waals surface area contributed by atoms with E-state index in [4.69, 9.17) is 0 Å². The fraction of sp³-hybridized carbons (Fsp3) is 0.917. The molecule has 1 amide bonds. The quantitative estimate of drug-likeness (QED) is 0.737. The zero-order valence-electron chi connectivity index (χ0n) is 9.51. The number of amides is 1. The van der Waals surface area contributed by atoms with Crippen molar-refractivity contribution < 1.29 is 4.79 Å². The minimum Gasteiger partial charge on any atom is -0.356 e. The lowest BCUT2D eigenvalue weighted by Gasteiger charge is -2.31. The van der Waals surface area contributed by atoms with Crippen molar-refractivity contribution in [3.05, 3.63) is 0 Å². The van der Waals surface area contributed by atoms with Crippen molar-refractivity contribution in [2.24, 2.45) is 11.8 Å². The van der Waals surface area contributed by atoms with Crippen LogP contribution in [0.15, 0.2) is 0 Å². The lowest BCUT2D eigenvalue weighted by atomic mass is 9.77. The molecule has 0 saturated heterocycles. The Kier molecular flexibility index (Phi) is 4.99. The van der Waals surface area contributed by atoms with Gasteiger partial charge >= 0.3 is 0 Å². The molecule has 2 heteroatoms. The summed E-state index contributed by atoms with van der Waals surface area (Å²) >= 11 is 0. The molecule has 1 saturated carbocycles. The molecule has 1 N–H and O–H groups in total. The highest BCUT2D eigenvalue weighted by Crippen LogP contribution is 2.32. The van der Waals surface area contributed by atoms with Crippen molar-refractivity contribution in [1.82, 2.24) is 5.32 Å². The summed E-state index contributed by atoms with van der Waals surface area (Å²) in [6, 6.07) is 0. The van der Waals surface area contributed by atoms with E-state index in [0.717, 1.165) is 18.4 Å². The summed E-state index contributed by atoms with van der Waals surface area (Å²) in [4.78, 5) is 10.8. The standard InChI is InChI=1S/C12H23NO/c1-3-6-11-7-4-5-8-12(11)9-13-10(2)14/h11-12H,3-9H2,1-2H3,(H,13,14)/t11-,12?/m1/s1. The SMILES string of the molecule is CCC[C@@H]1CCCCC1CNC(C)=O. The van der Waals surface area contributed by atoms with Gasteiger partial charge in [-0.25, -0.2) is 0 Å². The van der Waals surface area contributed by atoms with Crippen LogP contribution in [0.2, 0.25) is 0 Å². The molecular weight excluding hydrogens is 174 g/mol. The van der Waals surface area contributed by atoms with Gasteiger partial charge in [0.1, 0.15) is 0 Å². The Morgan fingerprint density at radius 3 is 2.50 bits per heavy atom. The van der Waals surface area contributed by atoms with Gasteiger partial charge in [-0.2, -0.15) is 0 Å². The van der Waals surface area contributed by atoms with Crippen molar-refractivity contribution in [3.8, 4) is 0 Å². The predicted molar refractivity (Wildman–Crippen MR) is 59.0 cm³/mol. The van der Waals surface area contributed by atoms with Crippen LogP contribution < -0.4 is 5.32 Å². The second-order valence-electron chi connectivity index (χ2n) is 4.53. The Hall–Kier alpha value is -0.530. The second kappa shape index (κ2) is 6.05. The van der Waals surface area contributed by atoms with Crippen LogP contribution in [-0.2, 0) is 4.79 Å². The molecule has 1 aliphatic rings. The molecule has 0 aromatic rings. The van der Waals surface area contributed by atoms with E-state index in [-0.39, 0.29) is 5.91 Å². The number of nitrogens with one attached hydrogen (secondary N) is 1. The summed E-state index contributed by atoms with van der Waals surface area (Å²) < 4.78 is 0. The average Bonchev–Trinajstić information content (AvgIpc) is 2.17. The third kappa shape index (κ3) is 3.69. The summed E-state index contributed by atoms with van der Waals surface area (Å²) in [5.74, 6) is 1.72. The maximum absolute atomic E-state index is 10.8. The van der Waals surface area contributed by atoms with Gasteiger partial charge in [0, 0.05) is 13.5 Å². The van der Waals surface area contributed by atoms with Crippen LogP contribution in [0.4, 0.5) is 0 Å². The Balaban J connectivity index is 2.33. The lowest BCUT2D eigenvalue weighted by molar-refractivity contribution is -0.119. The number of carbonyl (C=O) groups is 1. The molecule has 2 nitrogen and oxygen atoms in total. The maximum Gasteiger partial charge on any atom is 0.216 e. The molecule has 1 fully saturated rings. The normalized spacial score (nSPS) is 27.3. The molecule has 14 heavy (non-hydrogen) atoms. The summed E-state index contributed by atoms with van der Waals surface area (Å²) in [6.45, 7) is 4.77.